The van der Waals surface area contributed by atoms with Gasteiger partial charge in [0.15, 0.2) is 11.9 Å². The second-order valence-electron chi connectivity index (χ2n) is 6.26. The molecule has 0 bridgehead atoms. The number of halogens is 1. The second kappa shape index (κ2) is 8.11. The minimum Gasteiger partial charge on any atom is -0.478 e. The van der Waals surface area contributed by atoms with Crippen molar-refractivity contribution >= 4 is 11.6 Å². The molecule has 27 heavy (non-hydrogen) atoms. The quantitative estimate of drug-likeness (QED) is 0.429. The molecule has 0 saturated heterocycles. The summed E-state index contributed by atoms with van der Waals surface area (Å²) in [6.07, 6.45) is 3.47. The normalized spacial score (nSPS) is 11.9. The maximum Gasteiger partial charge on any atom is 0.181 e. The van der Waals surface area contributed by atoms with Gasteiger partial charge in [0.05, 0.1) is 0 Å². The van der Waals surface area contributed by atoms with E-state index >= 15 is 0 Å². The molecule has 1 heterocycles. The number of nitrogens with zero attached hydrogens (tertiary/aromatic N) is 2. The fraction of sp³-hybridized carbons (Fsp3) is 0.0870. The molecular weight excluding hydrogens is 356 g/mol. The first-order valence-electron chi connectivity index (χ1n) is 8.82. The molecule has 134 valence electrons. The Morgan fingerprint density at radius 2 is 1.52 bits per heavy atom. The van der Waals surface area contributed by atoms with Crippen molar-refractivity contribution in [2.24, 2.45) is 0 Å². The standard InChI is InChI=1S/C23H19ClN2O/c24-20-13-11-19(12-14-20)22(27-21-9-5-2-6-10-21)23-25-15-16-26(23)17-18-7-3-1-4-8-18/h1-16,22H,17H2. The fourth-order valence-electron chi connectivity index (χ4n) is 3.02. The number of aromatic nitrogens is 2. The summed E-state index contributed by atoms with van der Waals surface area (Å²) in [6.45, 7) is 0.735. The number of hydrogen-bond acceptors (Lipinski definition) is 2. The molecule has 0 spiro atoms. The van der Waals surface area contributed by atoms with Gasteiger partial charge in [0.25, 0.3) is 0 Å². The molecule has 1 atom stereocenters. The molecule has 1 unspecified atom stereocenters. The van der Waals surface area contributed by atoms with Gasteiger partial charge in [-0.3, -0.25) is 0 Å². The largest absolute Gasteiger partial charge is 0.478 e. The summed E-state index contributed by atoms with van der Waals surface area (Å²) < 4.78 is 8.46. The number of ether oxygens (including phenoxy) is 1. The molecular formula is C23H19ClN2O. The Hall–Kier alpha value is -3.04. The van der Waals surface area contributed by atoms with E-state index in [1.807, 2.05) is 85.2 Å². The second-order valence-corrected chi connectivity index (χ2v) is 6.70. The van der Waals surface area contributed by atoms with Gasteiger partial charge in [-0.15, -0.1) is 0 Å². The smallest absolute Gasteiger partial charge is 0.181 e. The Kier molecular flexibility index (Phi) is 5.22. The molecule has 4 heteroatoms. The van der Waals surface area contributed by atoms with Crippen LogP contribution < -0.4 is 4.74 Å². The lowest BCUT2D eigenvalue weighted by atomic mass is 10.1. The van der Waals surface area contributed by atoms with Crippen molar-refractivity contribution in [2.75, 3.05) is 0 Å². The summed E-state index contributed by atoms with van der Waals surface area (Å²) in [4.78, 5) is 4.61. The van der Waals surface area contributed by atoms with Crippen molar-refractivity contribution in [3.8, 4) is 5.75 Å². The molecule has 3 nitrogen and oxygen atoms in total. The third kappa shape index (κ3) is 4.21. The van der Waals surface area contributed by atoms with Crippen LogP contribution in [0.15, 0.2) is 97.3 Å². The Morgan fingerprint density at radius 1 is 0.852 bits per heavy atom. The van der Waals surface area contributed by atoms with Gasteiger partial charge in [0.1, 0.15) is 5.75 Å². The molecule has 0 fully saturated rings. The lowest BCUT2D eigenvalue weighted by molar-refractivity contribution is 0.232. The van der Waals surface area contributed by atoms with E-state index in [4.69, 9.17) is 16.3 Å². The lowest BCUT2D eigenvalue weighted by Crippen LogP contribution is -2.16. The van der Waals surface area contributed by atoms with E-state index in [-0.39, 0.29) is 6.10 Å². The van der Waals surface area contributed by atoms with Gasteiger partial charge in [-0.1, -0.05) is 72.3 Å². The van der Waals surface area contributed by atoms with E-state index in [1.54, 1.807) is 0 Å². The first-order valence-corrected chi connectivity index (χ1v) is 9.19. The van der Waals surface area contributed by atoms with Gasteiger partial charge >= 0.3 is 0 Å². The third-order valence-electron chi connectivity index (χ3n) is 4.35. The molecule has 0 aliphatic rings. The van der Waals surface area contributed by atoms with Crippen LogP contribution in [-0.4, -0.2) is 9.55 Å². The van der Waals surface area contributed by atoms with Crippen LogP contribution >= 0.6 is 11.6 Å². The molecule has 0 radical (unpaired) electrons. The van der Waals surface area contributed by atoms with Crippen molar-refractivity contribution in [3.63, 3.8) is 0 Å². The monoisotopic (exact) mass is 374 g/mol. The Morgan fingerprint density at radius 3 is 2.22 bits per heavy atom. The lowest BCUT2D eigenvalue weighted by Gasteiger charge is -2.21. The van der Waals surface area contributed by atoms with E-state index in [0.29, 0.717) is 5.02 Å². The highest BCUT2D eigenvalue weighted by atomic mass is 35.5. The predicted molar refractivity (Wildman–Crippen MR) is 108 cm³/mol. The Balaban J connectivity index is 1.70. The first kappa shape index (κ1) is 17.4. The van der Waals surface area contributed by atoms with Crippen molar-refractivity contribution in [3.05, 3.63) is 119 Å². The molecule has 0 aliphatic carbocycles. The van der Waals surface area contributed by atoms with Crippen LogP contribution in [0.3, 0.4) is 0 Å². The van der Waals surface area contributed by atoms with E-state index in [2.05, 4.69) is 21.7 Å². The van der Waals surface area contributed by atoms with Crippen LogP contribution in [0.2, 0.25) is 5.02 Å². The molecule has 3 aromatic carbocycles. The molecule has 0 amide bonds. The highest BCUT2D eigenvalue weighted by Crippen LogP contribution is 2.28. The number of para-hydroxylation sites is 1. The summed E-state index contributed by atoms with van der Waals surface area (Å²) in [5.41, 5.74) is 2.22. The summed E-state index contributed by atoms with van der Waals surface area (Å²) in [6, 6.07) is 27.9. The summed E-state index contributed by atoms with van der Waals surface area (Å²) in [7, 11) is 0. The maximum absolute atomic E-state index is 6.34. The average molecular weight is 375 g/mol. The maximum atomic E-state index is 6.34. The van der Waals surface area contributed by atoms with Crippen LogP contribution in [0, 0.1) is 0 Å². The van der Waals surface area contributed by atoms with Gasteiger partial charge in [0.2, 0.25) is 0 Å². The van der Waals surface area contributed by atoms with Crippen molar-refractivity contribution in [1.29, 1.82) is 0 Å². The summed E-state index contributed by atoms with van der Waals surface area (Å²) >= 11 is 6.08. The first-order chi connectivity index (χ1) is 13.3. The van der Waals surface area contributed by atoms with Gasteiger partial charge in [-0.05, 0) is 29.8 Å². The van der Waals surface area contributed by atoms with E-state index in [1.165, 1.54) is 5.56 Å². The molecule has 0 N–H and O–H groups in total. The minimum absolute atomic E-state index is 0.330. The molecule has 0 aliphatic heterocycles. The van der Waals surface area contributed by atoms with E-state index < -0.39 is 0 Å². The van der Waals surface area contributed by atoms with E-state index in [0.717, 1.165) is 23.7 Å². The zero-order chi connectivity index (χ0) is 18.5. The number of rotatable bonds is 6. The van der Waals surface area contributed by atoms with Gasteiger partial charge in [-0.2, -0.15) is 0 Å². The van der Waals surface area contributed by atoms with Crippen LogP contribution in [0.4, 0.5) is 0 Å². The van der Waals surface area contributed by atoms with E-state index in [9.17, 15) is 0 Å². The molecule has 4 aromatic rings. The van der Waals surface area contributed by atoms with Gasteiger partial charge in [0, 0.05) is 29.5 Å². The van der Waals surface area contributed by atoms with Crippen LogP contribution in [-0.2, 0) is 6.54 Å². The fourth-order valence-corrected chi connectivity index (χ4v) is 3.14. The number of hydrogen-bond donors (Lipinski definition) is 0. The van der Waals surface area contributed by atoms with Crippen molar-refractivity contribution in [1.82, 2.24) is 9.55 Å². The number of imidazole rings is 1. The van der Waals surface area contributed by atoms with Crippen molar-refractivity contribution < 1.29 is 4.74 Å². The Bertz CT molecular complexity index is 982. The zero-order valence-corrected chi connectivity index (χ0v) is 15.5. The summed E-state index contributed by atoms with van der Waals surface area (Å²) in [5, 5.41) is 0.699. The SMILES string of the molecule is Clc1ccc(C(Oc2ccccc2)c2nccn2Cc2ccccc2)cc1. The van der Waals surface area contributed by atoms with Gasteiger partial charge < -0.3 is 9.30 Å². The highest BCUT2D eigenvalue weighted by molar-refractivity contribution is 6.30. The van der Waals surface area contributed by atoms with Crippen LogP contribution in [0.5, 0.6) is 5.75 Å². The topological polar surface area (TPSA) is 27.1 Å². The molecule has 4 rings (SSSR count). The minimum atomic E-state index is -0.330. The van der Waals surface area contributed by atoms with Crippen LogP contribution in [0.1, 0.15) is 23.1 Å². The predicted octanol–water partition coefficient (Wildman–Crippen LogP) is 5.75. The highest BCUT2D eigenvalue weighted by Gasteiger charge is 2.21. The molecule has 0 saturated carbocycles. The Labute approximate surface area is 163 Å². The third-order valence-corrected chi connectivity index (χ3v) is 4.60. The number of benzene rings is 3. The van der Waals surface area contributed by atoms with Gasteiger partial charge in [-0.25, -0.2) is 4.98 Å². The van der Waals surface area contributed by atoms with Crippen molar-refractivity contribution in [2.45, 2.75) is 12.6 Å². The van der Waals surface area contributed by atoms with Crippen LogP contribution in [0.25, 0.3) is 0 Å². The summed E-state index contributed by atoms with van der Waals surface area (Å²) in [5.74, 6) is 1.65. The molecule has 1 aromatic heterocycles. The average Bonchev–Trinajstić information content (AvgIpc) is 3.16. The zero-order valence-electron chi connectivity index (χ0n) is 14.7.